The standard InChI is InChI=1S/C15H12Br2O2/c1-2-19-15(18)13-7-6-11(9-14(13)17)10-4-3-5-12(16)8-10/h3-9H,2H2,1H3. The number of carbonyl (C=O) groups excluding carboxylic acids is 1. The fourth-order valence-electron chi connectivity index (χ4n) is 1.74. The van der Waals surface area contributed by atoms with Gasteiger partial charge in [0.25, 0.3) is 0 Å². The summed E-state index contributed by atoms with van der Waals surface area (Å²) in [6, 6.07) is 13.6. The summed E-state index contributed by atoms with van der Waals surface area (Å²) < 4.78 is 6.76. The van der Waals surface area contributed by atoms with Crippen LogP contribution < -0.4 is 0 Å². The maximum Gasteiger partial charge on any atom is 0.339 e. The second-order valence-corrected chi connectivity index (χ2v) is 5.70. The first kappa shape index (κ1) is 14.3. The third kappa shape index (κ3) is 3.45. The van der Waals surface area contributed by atoms with E-state index in [2.05, 4.69) is 31.9 Å². The fraction of sp³-hybridized carbons (Fsp3) is 0.133. The number of hydrogen-bond acceptors (Lipinski definition) is 2. The van der Waals surface area contributed by atoms with Crippen LogP contribution >= 0.6 is 31.9 Å². The van der Waals surface area contributed by atoms with Crippen LogP contribution in [0.2, 0.25) is 0 Å². The molecule has 0 aliphatic heterocycles. The predicted molar refractivity (Wildman–Crippen MR) is 83.2 cm³/mol. The monoisotopic (exact) mass is 382 g/mol. The van der Waals surface area contributed by atoms with Crippen molar-refractivity contribution in [3.8, 4) is 11.1 Å². The lowest BCUT2D eigenvalue weighted by atomic mass is 10.0. The molecule has 0 spiro atoms. The van der Waals surface area contributed by atoms with E-state index in [4.69, 9.17) is 4.74 Å². The molecule has 0 heterocycles. The Morgan fingerprint density at radius 2 is 1.84 bits per heavy atom. The van der Waals surface area contributed by atoms with Crippen molar-refractivity contribution in [3.05, 3.63) is 57.0 Å². The van der Waals surface area contributed by atoms with Gasteiger partial charge in [0.05, 0.1) is 12.2 Å². The number of carbonyl (C=O) groups is 1. The van der Waals surface area contributed by atoms with Gasteiger partial charge in [0, 0.05) is 8.95 Å². The third-order valence-electron chi connectivity index (χ3n) is 2.62. The molecule has 98 valence electrons. The van der Waals surface area contributed by atoms with Crippen molar-refractivity contribution in [3.63, 3.8) is 0 Å². The number of ether oxygens (including phenoxy) is 1. The molecular weight excluding hydrogens is 372 g/mol. The van der Waals surface area contributed by atoms with E-state index in [-0.39, 0.29) is 5.97 Å². The molecule has 0 unspecified atom stereocenters. The number of halogens is 2. The molecule has 2 aromatic rings. The zero-order valence-corrected chi connectivity index (χ0v) is 13.5. The van der Waals surface area contributed by atoms with E-state index >= 15 is 0 Å². The van der Waals surface area contributed by atoms with Gasteiger partial charge in [-0.05, 0) is 58.2 Å². The molecule has 0 saturated heterocycles. The highest BCUT2D eigenvalue weighted by molar-refractivity contribution is 9.10. The molecule has 0 bridgehead atoms. The van der Waals surface area contributed by atoms with E-state index in [9.17, 15) is 4.79 Å². The van der Waals surface area contributed by atoms with E-state index < -0.39 is 0 Å². The number of esters is 1. The smallest absolute Gasteiger partial charge is 0.339 e. The number of rotatable bonds is 3. The van der Waals surface area contributed by atoms with E-state index in [1.807, 2.05) is 36.4 Å². The van der Waals surface area contributed by atoms with Crippen LogP contribution in [0.15, 0.2) is 51.4 Å². The molecule has 0 saturated carbocycles. The third-order valence-corrected chi connectivity index (χ3v) is 3.77. The molecule has 0 aromatic heterocycles. The molecule has 2 nitrogen and oxygen atoms in total. The first-order valence-corrected chi connectivity index (χ1v) is 7.43. The van der Waals surface area contributed by atoms with Crippen LogP contribution in [0.3, 0.4) is 0 Å². The molecule has 0 amide bonds. The lowest BCUT2D eigenvalue weighted by Crippen LogP contribution is -2.05. The summed E-state index contributed by atoms with van der Waals surface area (Å²) >= 11 is 6.87. The molecule has 0 aliphatic rings. The maximum absolute atomic E-state index is 11.7. The van der Waals surface area contributed by atoms with Crippen LogP contribution in [-0.4, -0.2) is 12.6 Å². The Balaban J connectivity index is 2.36. The SMILES string of the molecule is CCOC(=O)c1ccc(-c2cccc(Br)c2)cc1Br. The molecule has 19 heavy (non-hydrogen) atoms. The van der Waals surface area contributed by atoms with Gasteiger partial charge in [-0.1, -0.05) is 34.1 Å². The van der Waals surface area contributed by atoms with Crippen molar-refractivity contribution in [2.24, 2.45) is 0 Å². The van der Waals surface area contributed by atoms with Crippen LogP contribution in [-0.2, 0) is 4.74 Å². The van der Waals surface area contributed by atoms with Crippen LogP contribution in [0, 0.1) is 0 Å². The van der Waals surface area contributed by atoms with Crippen molar-refractivity contribution in [1.82, 2.24) is 0 Å². The van der Waals surface area contributed by atoms with E-state index in [0.29, 0.717) is 12.2 Å². The first-order chi connectivity index (χ1) is 9.11. The average Bonchev–Trinajstić information content (AvgIpc) is 2.38. The zero-order chi connectivity index (χ0) is 13.8. The normalized spacial score (nSPS) is 10.3. The second kappa shape index (κ2) is 6.35. The highest BCUT2D eigenvalue weighted by atomic mass is 79.9. The Morgan fingerprint density at radius 3 is 2.47 bits per heavy atom. The highest BCUT2D eigenvalue weighted by Gasteiger charge is 2.11. The largest absolute Gasteiger partial charge is 0.462 e. The molecule has 2 rings (SSSR count). The Kier molecular flexibility index (Phi) is 4.77. The number of hydrogen-bond donors (Lipinski definition) is 0. The number of benzene rings is 2. The minimum absolute atomic E-state index is 0.310. The summed E-state index contributed by atoms with van der Waals surface area (Å²) in [5.41, 5.74) is 2.67. The Hall–Kier alpha value is -1.13. The van der Waals surface area contributed by atoms with E-state index in [1.165, 1.54) is 0 Å². The molecule has 0 N–H and O–H groups in total. The Bertz CT molecular complexity index is 609. The van der Waals surface area contributed by atoms with E-state index in [1.54, 1.807) is 13.0 Å². The fourth-order valence-corrected chi connectivity index (χ4v) is 2.68. The molecule has 0 aliphatic carbocycles. The molecule has 4 heteroatoms. The molecule has 0 fully saturated rings. The quantitative estimate of drug-likeness (QED) is 0.692. The van der Waals surface area contributed by atoms with Gasteiger partial charge in [-0.3, -0.25) is 0 Å². The van der Waals surface area contributed by atoms with Crippen molar-refractivity contribution in [1.29, 1.82) is 0 Å². The Labute approximate surface area is 129 Å². The molecular formula is C15H12Br2O2. The maximum atomic E-state index is 11.7. The van der Waals surface area contributed by atoms with Gasteiger partial charge in [0.2, 0.25) is 0 Å². The van der Waals surface area contributed by atoms with Crippen molar-refractivity contribution in [2.75, 3.05) is 6.61 Å². The molecule has 2 aromatic carbocycles. The summed E-state index contributed by atoms with van der Waals surface area (Å²) in [6.45, 7) is 2.17. The van der Waals surface area contributed by atoms with Gasteiger partial charge in [-0.2, -0.15) is 0 Å². The van der Waals surface area contributed by atoms with Gasteiger partial charge < -0.3 is 4.74 Å². The summed E-state index contributed by atoms with van der Waals surface area (Å²) in [5, 5.41) is 0. The van der Waals surface area contributed by atoms with Gasteiger partial charge in [-0.15, -0.1) is 0 Å². The van der Waals surface area contributed by atoms with Gasteiger partial charge >= 0.3 is 5.97 Å². The summed E-state index contributed by atoms with van der Waals surface area (Å²) in [6.07, 6.45) is 0. The predicted octanol–water partition coefficient (Wildman–Crippen LogP) is 5.06. The zero-order valence-electron chi connectivity index (χ0n) is 10.3. The van der Waals surface area contributed by atoms with E-state index in [0.717, 1.165) is 20.1 Å². The van der Waals surface area contributed by atoms with Gasteiger partial charge in [0.1, 0.15) is 0 Å². The van der Waals surface area contributed by atoms with Crippen LogP contribution in [0.1, 0.15) is 17.3 Å². The highest BCUT2D eigenvalue weighted by Crippen LogP contribution is 2.28. The lowest BCUT2D eigenvalue weighted by Gasteiger charge is -2.07. The van der Waals surface area contributed by atoms with Crippen molar-refractivity contribution < 1.29 is 9.53 Å². The van der Waals surface area contributed by atoms with Crippen LogP contribution in [0.4, 0.5) is 0 Å². The molecule has 0 radical (unpaired) electrons. The Morgan fingerprint density at radius 1 is 1.11 bits per heavy atom. The van der Waals surface area contributed by atoms with Gasteiger partial charge in [-0.25, -0.2) is 4.79 Å². The first-order valence-electron chi connectivity index (χ1n) is 5.84. The summed E-state index contributed by atoms with van der Waals surface area (Å²) in [4.78, 5) is 11.7. The lowest BCUT2D eigenvalue weighted by molar-refractivity contribution is 0.0525. The van der Waals surface area contributed by atoms with Gasteiger partial charge in [0.15, 0.2) is 0 Å². The summed E-state index contributed by atoms with van der Waals surface area (Å²) in [7, 11) is 0. The topological polar surface area (TPSA) is 26.3 Å². The minimum Gasteiger partial charge on any atom is -0.462 e. The average molecular weight is 384 g/mol. The second-order valence-electron chi connectivity index (χ2n) is 3.93. The minimum atomic E-state index is -0.310. The van der Waals surface area contributed by atoms with Crippen molar-refractivity contribution >= 4 is 37.8 Å². The summed E-state index contributed by atoms with van der Waals surface area (Å²) in [5.74, 6) is -0.310. The van der Waals surface area contributed by atoms with Crippen LogP contribution in [0.25, 0.3) is 11.1 Å². The van der Waals surface area contributed by atoms with Crippen molar-refractivity contribution in [2.45, 2.75) is 6.92 Å². The molecule has 0 atom stereocenters. The van der Waals surface area contributed by atoms with Crippen LogP contribution in [0.5, 0.6) is 0 Å².